The van der Waals surface area contributed by atoms with Gasteiger partial charge in [0.1, 0.15) is 11.8 Å². The van der Waals surface area contributed by atoms with Crippen LogP contribution in [0.1, 0.15) is 23.2 Å². The second kappa shape index (κ2) is 6.28. The van der Waals surface area contributed by atoms with Gasteiger partial charge in [0.2, 0.25) is 0 Å². The fourth-order valence-electron chi connectivity index (χ4n) is 2.89. The SMILES string of the molecule is O=C(c1coc2ccccc12)N(CCO)CC1CCCN1. The molecule has 1 fully saturated rings. The summed E-state index contributed by atoms with van der Waals surface area (Å²) in [7, 11) is 0. The number of carbonyl (C=O) groups excluding carboxylic acids is 1. The number of para-hydroxylation sites is 1. The normalized spacial score (nSPS) is 18.2. The Morgan fingerprint density at radius 3 is 3.05 bits per heavy atom. The molecule has 5 heteroatoms. The molecular formula is C16H20N2O3. The fraction of sp³-hybridized carbons (Fsp3) is 0.438. The van der Waals surface area contributed by atoms with E-state index in [1.165, 1.54) is 6.26 Å². The third kappa shape index (κ3) is 2.94. The standard InChI is InChI=1S/C16H20N2O3/c19-9-8-18(10-12-4-3-7-17-12)16(20)14-11-21-15-6-2-1-5-13(14)15/h1-2,5-6,11-12,17,19H,3-4,7-10H2. The maximum Gasteiger partial charge on any atom is 0.257 e. The van der Waals surface area contributed by atoms with E-state index in [1.807, 2.05) is 24.3 Å². The number of benzene rings is 1. The quantitative estimate of drug-likeness (QED) is 0.877. The zero-order valence-electron chi connectivity index (χ0n) is 11.9. The molecule has 0 spiro atoms. The van der Waals surface area contributed by atoms with Crippen LogP contribution in [0.25, 0.3) is 11.0 Å². The summed E-state index contributed by atoms with van der Waals surface area (Å²) in [4.78, 5) is 14.4. The van der Waals surface area contributed by atoms with Gasteiger partial charge in [0, 0.05) is 24.5 Å². The lowest BCUT2D eigenvalue weighted by Gasteiger charge is -2.24. The summed E-state index contributed by atoms with van der Waals surface area (Å²) in [6.07, 6.45) is 3.72. The molecule has 5 nitrogen and oxygen atoms in total. The molecular weight excluding hydrogens is 268 g/mol. The highest BCUT2D eigenvalue weighted by Gasteiger charge is 2.24. The maximum absolute atomic E-state index is 12.7. The molecule has 0 radical (unpaired) electrons. The molecule has 2 N–H and O–H groups in total. The number of fused-ring (bicyclic) bond motifs is 1. The Bertz CT molecular complexity index is 617. The summed E-state index contributed by atoms with van der Waals surface area (Å²) in [5, 5.41) is 13.4. The van der Waals surface area contributed by atoms with Crippen LogP contribution in [0.15, 0.2) is 34.9 Å². The highest BCUT2D eigenvalue weighted by atomic mass is 16.3. The number of amides is 1. The van der Waals surface area contributed by atoms with Gasteiger partial charge in [0.05, 0.1) is 12.2 Å². The second-order valence-electron chi connectivity index (χ2n) is 5.41. The molecule has 1 atom stereocenters. The van der Waals surface area contributed by atoms with E-state index in [1.54, 1.807) is 4.90 Å². The van der Waals surface area contributed by atoms with Crippen molar-refractivity contribution in [2.24, 2.45) is 0 Å². The Morgan fingerprint density at radius 2 is 2.29 bits per heavy atom. The van der Waals surface area contributed by atoms with Crippen molar-refractivity contribution in [3.8, 4) is 0 Å². The minimum absolute atomic E-state index is 0.0335. The van der Waals surface area contributed by atoms with Crippen LogP contribution in [-0.4, -0.2) is 48.2 Å². The Kier molecular flexibility index (Phi) is 4.22. The topological polar surface area (TPSA) is 65.7 Å². The summed E-state index contributed by atoms with van der Waals surface area (Å²) in [6.45, 7) is 1.93. The van der Waals surface area contributed by atoms with Gasteiger partial charge in [-0.15, -0.1) is 0 Å². The third-order valence-corrected chi connectivity index (χ3v) is 3.97. The number of aliphatic hydroxyl groups is 1. The highest BCUT2D eigenvalue weighted by Crippen LogP contribution is 2.22. The molecule has 1 saturated heterocycles. The maximum atomic E-state index is 12.7. The Morgan fingerprint density at radius 1 is 1.43 bits per heavy atom. The van der Waals surface area contributed by atoms with E-state index in [0.717, 1.165) is 24.8 Å². The van der Waals surface area contributed by atoms with Crippen LogP contribution >= 0.6 is 0 Å². The molecule has 0 bridgehead atoms. The molecule has 1 aliphatic heterocycles. The summed E-state index contributed by atoms with van der Waals surface area (Å²) in [6, 6.07) is 7.83. The summed E-state index contributed by atoms with van der Waals surface area (Å²) in [5.41, 5.74) is 1.28. The monoisotopic (exact) mass is 288 g/mol. The summed E-state index contributed by atoms with van der Waals surface area (Å²) >= 11 is 0. The van der Waals surface area contributed by atoms with Crippen molar-refractivity contribution in [1.82, 2.24) is 10.2 Å². The first-order valence-corrected chi connectivity index (χ1v) is 7.39. The number of rotatable bonds is 5. The number of furan rings is 1. The first kappa shape index (κ1) is 14.1. The van der Waals surface area contributed by atoms with Gasteiger partial charge in [-0.05, 0) is 25.5 Å². The van der Waals surface area contributed by atoms with Crippen molar-refractivity contribution in [3.05, 3.63) is 36.1 Å². The summed E-state index contributed by atoms with van der Waals surface area (Å²) < 4.78 is 5.44. The van der Waals surface area contributed by atoms with Gasteiger partial charge in [-0.3, -0.25) is 4.79 Å². The van der Waals surface area contributed by atoms with Crippen LogP contribution in [0.4, 0.5) is 0 Å². The second-order valence-corrected chi connectivity index (χ2v) is 5.41. The van der Waals surface area contributed by atoms with Crippen LogP contribution < -0.4 is 5.32 Å². The van der Waals surface area contributed by atoms with Crippen LogP contribution in [0.5, 0.6) is 0 Å². The van der Waals surface area contributed by atoms with Gasteiger partial charge in [-0.1, -0.05) is 18.2 Å². The van der Waals surface area contributed by atoms with Gasteiger partial charge < -0.3 is 19.7 Å². The van der Waals surface area contributed by atoms with Crippen LogP contribution in [0, 0.1) is 0 Å². The largest absolute Gasteiger partial charge is 0.463 e. The first-order chi connectivity index (χ1) is 10.3. The van der Waals surface area contributed by atoms with Crippen LogP contribution in [-0.2, 0) is 0 Å². The highest BCUT2D eigenvalue weighted by molar-refractivity contribution is 6.05. The minimum Gasteiger partial charge on any atom is -0.463 e. The van der Waals surface area contributed by atoms with Crippen molar-refractivity contribution in [3.63, 3.8) is 0 Å². The number of hydrogen-bond acceptors (Lipinski definition) is 4. The predicted molar refractivity (Wildman–Crippen MR) is 80.2 cm³/mol. The van der Waals surface area contributed by atoms with Crippen molar-refractivity contribution >= 4 is 16.9 Å². The van der Waals surface area contributed by atoms with Crippen molar-refractivity contribution < 1.29 is 14.3 Å². The number of aliphatic hydroxyl groups excluding tert-OH is 1. The van der Waals surface area contributed by atoms with Crippen molar-refractivity contribution in [2.75, 3.05) is 26.2 Å². The zero-order valence-corrected chi connectivity index (χ0v) is 11.9. The molecule has 2 heterocycles. The lowest BCUT2D eigenvalue weighted by Crippen LogP contribution is -2.42. The Labute approximate surface area is 123 Å². The molecule has 1 aliphatic rings. The minimum atomic E-state index is -0.0808. The van der Waals surface area contributed by atoms with Crippen LogP contribution in [0.3, 0.4) is 0 Å². The van der Waals surface area contributed by atoms with Crippen molar-refractivity contribution in [1.29, 1.82) is 0 Å². The lowest BCUT2D eigenvalue weighted by molar-refractivity contribution is 0.0707. The number of nitrogens with one attached hydrogen (secondary N) is 1. The Balaban J connectivity index is 1.82. The van der Waals surface area contributed by atoms with E-state index in [0.29, 0.717) is 30.3 Å². The van der Waals surface area contributed by atoms with Crippen molar-refractivity contribution in [2.45, 2.75) is 18.9 Å². The third-order valence-electron chi connectivity index (χ3n) is 3.97. The molecule has 3 rings (SSSR count). The van der Waals surface area contributed by atoms with Crippen LogP contribution in [0.2, 0.25) is 0 Å². The first-order valence-electron chi connectivity index (χ1n) is 7.39. The van der Waals surface area contributed by atoms with E-state index in [4.69, 9.17) is 4.42 Å². The van der Waals surface area contributed by atoms with E-state index in [-0.39, 0.29) is 12.5 Å². The zero-order chi connectivity index (χ0) is 14.7. The van der Waals surface area contributed by atoms with E-state index < -0.39 is 0 Å². The molecule has 0 aliphatic carbocycles. The Hall–Kier alpha value is -1.85. The fourth-order valence-corrected chi connectivity index (χ4v) is 2.89. The molecule has 2 aromatic rings. The average Bonchev–Trinajstić information content (AvgIpc) is 3.15. The molecule has 112 valence electrons. The molecule has 21 heavy (non-hydrogen) atoms. The molecule has 1 aromatic heterocycles. The lowest BCUT2D eigenvalue weighted by atomic mass is 10.1. The number of nitrogens with zero attached hydrogens (tertiary/aromatic N) is 1. The number of hydrogen-bond donors (Lipinski definition) is 2. The molecule has 1 unspecified atom stereocenters. The van der Waals surface area contributed by atoms with Gasteiger partial charge in [-0.25, -0.2) is 0 Å². The molecule has 0 saturated carbocycles. The van der Waals surface area contributed by atoms with Gasteiger partial charge in [0.25, 0.3) is 5.91 Å². The summed E-state index contributed by atoms with van der Waals surface area (Å²) in [5.74, 6) is -0.0808. The van der Waals surface area contributed by atoms with E-state index in [2.05, 4.69) is 5.32 Å². The van der Waals surface area contributed by atoms with Gasteiger partial charge >= 0.3 is 0 Å². The molecule has 1 amide bonds. The predicted octanol–water partition coefficient (Wildman–Crippen LogP) is 1.62. The van der Waals surface area contributed by atoms with Gasteiger partial charge in [0.15, 0.2) is 0 Å². The van der Waals surface area contributed by atoms with E-state index in [9.17, 15) is 9.90 Å². The number of carbonyl (C=O) groups is 1. The smallest absolute Gasteiger partial charge is 0.257 e. The van der Waals surface area contributed by atoms with Gasteiger partial charge in [-0.2, -0.15) is 0 Å². The average molecular weight is 288 g/mol. The van der Waals surface area contributed by atoms with E-state index >= 15 is 0 Å². The molecule has 1 aromatic carbocycles.